The summed E-state index contributed by atoms with van der Waals surface area (Å²) >= 11 is 9.33. The molecular weight excluding hydrogens is 462 g/mol. The van der Waals surface area contributed by atoms with Crippen LogP contribution in [0.4, 0.5) is 10.1 Å². The summed E-state index contributed by atoms with van der Waals surface area (Å²) in [5.41, 5.74) is 5.17. The maximum absolute atomic E-state index is 12.7. The number of thiazole rings is 1. The quantitative estimate of drug-likeness (QED) is 0.227. The van der Waals surface area contributed by atoms with Gasteiger partial charge in [-0.05, 0) is 49.7 Å². The Morgan fingerprint density at radius 3 is 2.81 bits per heavy atom. The second-order valence-electron chi connectivity index (χ2n) is 7.26. The van der Waals surface area contributed by atoms with Gasteiger partial charge >= 0.3 is 0 Å². The molecule has 32 heavy (non-hydrogen) atoms. The lowest BCUT2D eigenvalue weighted by Crippen LogP contribution is -2.03. The van der Waals surface area contributed by atoms with E-state index in [-0.39, 0.29) is 5.78 Å². The van der Waals surface area contributed by atoms with E-state index in [2.05, 4.69) is 15.3 Å². The van der Waals surface area contributed by atoms with Crippen molar-refractivity contribution in [1.29, 1.82) is 0 Å². The van der Waals surface area contributed by atoms with Crippen LogP contribution in [0.2, 0.25) is 5.15 Å². The summed E-state index contributed by atoms with van der Waals surface area (Å²) < 4.78 is 1.90. The van der Waals surface area contributed by atoms with Gasteiger partial charge in [-0.1, -0.05) is 23.7 Å². The maximum Gasteiger partial charge on any atom is 0.188 e. The molecule has 0 fully saturated rings. The lowest BCUT2D eigenvalue weighted by molar-refractivity contribution is 0.0996. The van der Waals surface area contributed by atoms with Crippen LogP contribution in [0, 0.1) is 13.8 Å². The van der Waals surface area contributed by atoms with Crippen LogP contribution < -0.4 is 5.32 Å². The molecule has 0 aromatic carbocycles. The number of carbonyl (C=O) groups excluding carboxylic acids is 1. The number of Topliss-reactive ketones (excluding diaryl/α,β-unsaturated/α-hetero) is 1. The van der Waals surface area contributed by atoms with Crippen LogP contribution in [-0.4, -0.2) is 25.1 Å². The van der Waals surface area contributed by atoms with Gasteiger partial charge < -0.3 is 5.32 Å². The van der Waals surface area contributed by atoms with E-state index in [1.807, 2.05) is 66.1 Å². The fourth-order valence-corrected chi connectivity index (χ4v) is 5.39. The van der Waals surface area contributed by atoms with Gasteiger partial charge in [0.2, 0.25) is 0 Å². The monoisotopic (exact) mass is 479 g/mol. The molecule has 160 valence electrons. The van der Waals surface area contributed by atoms with Crippen molar-refractivity contribution >= 4 is 55.8 Å². The first-order valence-electron chi connectivity index (χ1n) is 9.89. The number of carbonyl (C=O) groups is 1. The van der Waals surface area contributed by atoms with Crippen molar-refractivity contribution in [3.63, 3.8) is 0 Å². The Morgan fingerprint density at radius 1 is 1.09 bits per heavy atom. The number of aromatic nitrogens is 4. The zero-order valence-corrected chi connectivity index (χ0v) is 19.7. The lowest BCUT2D eigenvalue weighted by Gasteiger charge is -2.03. The Hall–Kier alpha value is -3.07. The van der Waals surface area contributed by atoms with Crippen LogP contribution in [-0.2, 0) is 6.42 Å². The average molecular weight is 480 g/mol. The van der Waals surface area contributed by atoms with Crippen molar-refractivity contribution in [2.75, 3.05) is 5.32 Å². The highest BCUT2D eigenvalue weighted by molar-refractivity contribution is 7.19. The normalized spacial score (nSPS) is 11.2. The number of halogens is 1. The van der Waals surface area contributed by atoms with Crippen molar-refractivity contribution in [2.45, 2.75) is 20.3 Å². The molecule has 6 nitrogen and oxygen atoms in total. The molecule has 0 aliphatic heterocycles. The highest BCUT2D eigenvalue weighted by Crippen LogP contribution is 2.33. The minimum atomic E-state index is 0.0787. The van der Waals surface area contributed by atoms with Gasteiger partial charge in [0.1, 0.15) is 16.5 Å². The zero-order valence-electron chi connectivity index (χ0n) is 17.3. The number of ketones is 1. The smallest absolute Gasteiger partial charge is 0.188 e. The van der Waals surface area contributed by atoms with E-state index >= 15 is 0 Å². The SMILES string of the molecule is Cc1ncccc1CC(=O)c1ccc(Nc2nc(-c3c(C)nc4cccc(Cl)n34)cs2)s1. The molecule has 0 bridgehead atoms. The van der Waals surface area contributed by atoms with E-state index < -0.39 is 0 Å². The highest BCUT2D eigenvalue weighted by Gasteiger charge is 2.17. The Bertz CT molecular complexity index is 1450. The standard InChI is InChI=1S/C23H18ClN5OS2/c1-13-15(5-4-10-25-13)11-17(30)18-8-9-21(32-18)28-23-27-16(12-31-23)22-14(2)26-20-7-3-6-19(24)29(20)22/h3-10,12H,11H2,1-2H3,(H,27,28). The number of hydrogen-bond donors (Lipinski definition) is 1. The Kier molecular flexibility index (Phi) is 5.50. The van der Waals surface area contributed by atoms with E-state index in [1.54, 1.807) is 6.20 Å². The van der Waals surface area contributed by atoms with Crippen LogP contribution in [0.25, 0.3) is 17.0 Å². The second-order valence-corrected chi connectivity index (χ2v) is 9.59. The molecule has 5 heterocycles. The molecular formula is C23H18ClN5OS2. The van der Waals surface area contributed by atoms with Crippen LogP contribution >= 0.6 is 34.3 Å². The molecule has 0 aliphatic carbocycles. The van der Waals surface area contributed by atoms with Crippen LogP contribution in [0.15, 0.2) is 54.0 Å². The molecule has 9 heteroatoms. The summed E-state index contributed by atoms with van der Waals surface area (Å²) in [5, 5.41) is 7.49. The van der Waals surface area contributed by atoms with E-state index in [1.165, 1.54) is 22.7 Å². The van der Waals surface area contributed by atoms with Gasteiger partial charge in [0.25, 0.3) is 0 Å². The number of nitrogens with zero attached hydrogens (tertiary/aromatic N) is 4. The third kappa shape index (κ3) is 3.92. The third-order valence-electron chi connectivity index (χ3n) is 5.10. The summed E-state index contributed by atoms with van der Waals surface area (Å²) in [7, 11) is 0. The first-order valence-corrected chi connectivity index (χ1v) is 12.0. The zero-order chi connectivity index (χ0) is 22.2. The topological polar surface area (TPSA) is 72.2 Å². The molecule has 0 unspecified atom stereocenters. The molecule has 0 saturated heterocycles. The van der Waals surface area contributed by atoms with Crippen molar-refractivity contribution in [3.05, 3.63) is 81.0 Å². The molecule has 5 aromatic rings. The largest absolute Gasteiger partial charge is 0.323 e. The molecule has 5 aromatic heterocycles. The van der Waals surface area contributed by atoms with E-state index in [0.717, 1.165) is 44.1 Å². The first-order chi connectivity index (χ1) is 15.5. The second kappa shape index (κ2) is 8.46. The number of anilines is 2. The first kappa shape index (κ1) is 20.8. The van der Waals surface area contributed by atoms with Crippen molar-refractivity contribution < 1.29 is 4.79 Å². The number of aryl methyl sites for hydroxylation is 2. The number of hydrogen-bond acceptors (Lipinski definition) is 7. The molecule has 5 rings (SSSR count). The molecule has 0 radical (unpaired) electrons. The average Bonchev–Trinajstić information content (AvgIpc) is 3.49. The highest BCUT2D eigenvalue weighted by atomic mass is 35.5. The van der Waals surface area contributed by atoms with Gasteiger partial charge in [-0.25, -0.2) is 9.97 Å². The van der Waals surface area contributed by atoms with Gasteiger partial charge in [0.15, 0.2) is 10.9 Å². The summed E-state index contributed by atoms with van der Waals surface area (Å²) in [6, 6.07) is 13.2. The van der Waals surface area contributed by atoms with Gasteiger partial charge in [0.05, 0.1) is 21.3 Å². The van der Waals surface area contributed by atoms with Crippen molar-refractivity contribution in [2.24, 2.45) is 0 Å². The summed E-state index contributed by atoms with van der Waals surface area (Å²) in [5.74, 6) is 0.0787. The molecule has 0 saturated carbocycles. The number of fused-ring (bicyclic) bond motifs is 1. The number of pyridine rings is 2. The molecule has 1 N–H and O–H groups in total. The number of rotatable bonds is 6. The molecule has 0 amide bonds. The number of nitrogens with one attached hydrogen (secondary N) is 1. The van der Waals surface area contributed by atoms with Crippen LogP contribution in [0.5, 0.6) is 0 Å². The van der Waals surface area contributed by atoms with Gasteiger partial charge in [-0.2, -0.15) is 0 Å². The molecule has 0 spiro atoms. The van der Waals surface area contributed by atoms with E-state index in [4.69, 9.17) is 16.6 Å². The third-order valence-corrected chi connectivity index (χ3v) is 7.19. The number of thiophene rings is 1. The van der Waals surface area contributed by atoms with Crippen LogP contribution in [0.3, 0.4) is 0 Å². The predicted octanol–water partition coefficient (Wildman–Crippen LogP) is 6.35. The summed E-state index contributed by atoms with van der Waals surface area (Å²) in [6.45, 7) is 3.87. The Balaban J connectivity index is 1.35. The minimum Gasteiger partial charge on any atom is -0.323 e. The van der Waals surface area contributed by atoms with Crippen molar-refractivity contribution in [1.82, 2.24) is 19.4 Å². The maximum atomic E-state index is 12.7. The minimum absolute atomic E-state index is 0.0787. The number of imidazole rings is 1. The summed E-state index contributed by atoms with van der Waals surface area (Å²) in [6.07, 6.45) is 2.08. The van der Waals surface area contributed by atoms with Gasteiger partial charge in [-0.15, -0.1) is 22.7 Å². The summed E-state index contributed by atoms with van der Waals surface area (Å²) in [4.78, 5) is 27.0. The Labute approximate surface area is 197 Å². The molecule has 0 atom stereocenters. The van der Waals surface area contributed by atoms with Gasteiger partial charge in [-0.3, -0.25) is 14.2 Å². The van der Waals surface area contributed by atoms with E-state index in [0.29, 0.717) is 16.5 Å². The van der Waals surface area contributed by atoms with Gasteiger partial charge in [0, 0.05) is 23.7 Å². The predicted molar refractivity (Wildman–Crippen MR) is 131 cm³/mol. The molecule has 0 aliphatic rings. The Morgan fingerprint density at radius 2 is 1.97 bits per heavy atom. The lowest BCUT2D eigenvalue weighted by atomic mass is 10.1. The van der Waals surface area contributed by atoms with Crippen LogP contribution in [0.1, 0.15) is 26.6 Å². The van der Waals surface area contributed by atoms with Crippen molar-refractivity contribution in [3.8, 4) is 11.4 Å². The van der Waals surface area contributed by atoms with E-state index in [9.17, 15) is 4.79 Å². The fourth-order valence-electron chi connectivity index (χ4n) is 3.53. The fraction of sp³-hybridized carbons (Fsp3) is 0.130.